The van der Waals surface area contributed by atoms with Crippen molar-refractivity contribution in [3.05, 3.63) is 88.5 Å². The number of fused-ring (bicyclic) bond motifs is 1. The number of carboxylic acid groups (broad SMARTS) is 1. The Labute approximate surface area is 251 Å². The molecule has 0 fully saturated rings. The molecule has 1 aromatic heterocycles. The summed E-state index contributed by atoms with van der Waals surface area (Å²) in [5, 5.41) is 36.0. The molecule has 0 radical (unpaired) electrons. The molecular weight excluding hydrogens is 506 g/mol. The van der Waals surface area contributed by atoms with Crippen molar-refractivity contribution in [2.24, 2.45) is 0 Å². The molecule has 6 nitrogen and oxygen atoms in total. The Morgan fingerprint density at radius 1 is 1.15 bits per heavy atom. The summed E-state index contributed by atoms with van der Waals surface area (Å²) in [4.78, 5) is 10.7. The number of carbonyl (C=O) groups excluding carboxylic acids is 1. The number of aliphatic hydroxyl groups excluding tert-OH is 2. The molecule has 0 saturated heterocycles. The zero-order valence-electron chi connectivity index (χ0n) is 23.2. The largest absolute Gasteiger partial charge is 1.00 e. The number of hydrogen-bond donors (Lipinski definition) is 2. The molecule has 0 bridgehead atoms. The van der Waals surface area contributed by atoms with Gasteiger partial charge in [0.1, 0.15) is 5.82 Å². The Balaban J connectivity index is 0.00000420. The minimum absolute atomic E-state index is 0. The van der Waals surface area contributed by atoms with Crippen LogP contribution in [0.4, 0.5) is 4.39 Å². The molecule has 0 saturated carbocycles. The Kier molecular flexibility index (Phi) is 10.7. The first kappa shape index (κ1) is 31.2. The van der Waals surface area contributed by atoms with Gasteiger partial charge in [0, 0.05) is 30.3 Å². The summed E-state index contributed by atoms with van der Waals surface area (Å²) in [7, 11) is 0. The fraction of sp³-hybridized carbons (Fsp3) is 0.419. The monoisotopic (exact) mass is 542 g/mol. The number of hydrogen-bond acceptors (Lipinski definition) is 5. The van der Waals surface area contributed by atoms with Gasteiger partial charge in [-0.2, -0.15) is 5.10 Å². The van der Waals surface area contributed by atoms with Gasteiger partial charge in [-0.15, -0.1) is 0 Å². The van der Waals surface area contributed by atoms with E-state index in [4.69, 9.17) is 5.10 Å². The Morgan fingerprint density at radius 2 is 1.82 bits per heavy atom. The van der Waals surface area contributed by atoms with Crippen LogP contribution in [0.15, 0.2) is 54.6 Å². The van der Waals surface area contributed by atoms with E-state index in [9.17, 15) is 24.5 Å². The van der Waals surface area contributed by atoms with Gasteiger partial charge in [-0.25, -0.2) is 9.07 Å². The van der Waals surface area contributed by atoms with Gasteiger partial charge in [-0.1, -0.05) is 51.1 Å². The number of halogens is 1. The van der Waals surface area contributed by atoms with Gasteiger partial charge in [0.25, 0.3) is 0 Å². The summed E-state index contributed by atoms with van der Waals surface area (Å²) < 4.78 is 15.4. The third-order valence-corrected chi connectivity index (χ3v) is 7.19. The normalized spacial score (nSPS) is 16.9. The molecule has 0 spiro atoms. The standard InChI is InChI=1S/C31H37FN2O4.Na/c1-31(2,3)22-9-7-20(8-10-22)17-21-5-4-6-27-28(16-15-25(35)18-26(36)19-29(37)38)34(33-30(21)27)24-13-11-23(32)12-14-24;/h7-16,21,25-26,35-36H,4-6,17-19H2,1-3H3,(H,37,38);/q;+1/p-1/b16-15+;/t21?,25-,26-;/m1./s1. The van der Waals surface area contributed by atoms with Gasteiger partial charge in [0.05, 0.1) is 29.3 Å². The van der Waals surface area contributed by atoms with Crippen molar-refractivity contribution in [3.8, 4) is 5.69 Å². The van der Waals surface area contributed by atoms with Crippen LogP contribution in [0, 0.1) is 5.82 Å². The second-order valence-electron chi connectivity index (χ2n) is 11.3. The van der Waals surface area contributed by atoms with E-state index in [-0.39, 0.29) is 53.1 Å². The topological polar surface area (TPSA) is 98.4 Å². The first-order valence-corrected chi connectivity index (χ1v) is 13.2. The van der Waals surface area contributed by atoms with Crippen molar-refractivity contribution in [1.82, 2.24) is 9.78 Å². The summed E-state index contributed by atoms with van der Waals surface area (Å²) in [6.07, 6.45) is 4.11. The van der Waals surface area contributed by atoms with Crippen LogP contribution in [0.1, 0.15) is 80.5 Å². The second-order valence-corrected chi connectivity index (χ2v) is 11.3. The molecule has 3 atom stereocenters. The molecule has 0 aliphatic heterocycles. The van der Waals surface area contributed by atoms with Gasteiger partial charge in [-0.3, -0.25) is 0 Å². The first-order valence-electron chi connectivity index (χ1n) is 13.2. The number of nitrogens with zero attached hydrogens (tertiary/aromatic N) is 2. The number of benzene rings is 2. The van der Waals surface area contributed by atoms with E-state index in [1.807, 2.05) is 0 Å². The number of rotatable bonds is 9. The van der Waals surface area contributed by atoms with E-state index in [1.54, 1.807) is 29.0 Å². The van der Waals surface area contributed by atoms with E-state index < -0.39 is 24.6 Å². The molecule has 1 aliphatic carbocycles. The van der Waals surface area contributed by atoms with E-state index in [0.717, 1.165) is 42.6 Å². The summed E-state index contributed by atoms with van der Waals surface area (Å²) in [5.41, 5.74) is 6.25. The van der Waals surface area contributed by atoms with Crippen LogP contribution in [0.25, 0.3) is 11.8 Å². The first-order chi connectivity index (χ1) is 18.0. The van der Waals surface area contributed by atoms with Crippen molar-refractivity contribution < 1.29 is 54.1 Å². The van der Waals surface area contributed by atoms with Gasteiger partial charge in [0.15, 0.2) is 0 Å². The predicted molar refractivity (Wildman–Crippen MR) is 143 cm³/mol. The quantitative estimate of drug-likeness (QED) is 0.397. The van der Waals surface area contributed by atoms with Crippen LogP contribution in [0.2, 0.25) is 0 Å². The van der Waals surface area contributed by atoms with Crippen LogP contribution in [0.3, 0.4) is 0 Å². The minimum atomic E-state index is -1.36. The third-order valence-electron chi connectivity index (χ3n) is 7.19. The van der Waals surface area contributed by atoms with Crippen molar-refractivity contribution in [2.75, 3.05) is 0 Å². The zero-order valence-corrected chi connectivity index (χ0v) is 25.2. The minimum Gasteiger partial charge on any atom is -0.550 e. The van der Waals surface area contributed by atoms with Crippen molar-refractivity contribution in [3.63, 3.8) is 0 Å². The van der Waals surface area contributed by atoms with Crippen molar-refractivity contribution in [2.45, 2.75) is 82.8 Å². The van der Waals surface area contributed by atoms with Crippen LogP contribution >= 0.6 is 0 Å². The van der Waals surface area contributed by atoms with Crippen LogP contribution in [-0.2, 0) is 23.1 Å². The fourth-order valence-corrected chi connectivity index (χ4v) is 5.14. The summed E-state index contributed by atoms with van der Waals surface area (Å²) in [5.74, 6) is -1.48. The molecule has 3 aromatic rings. The number of carbonyl (C=O) groups is 1. The molecule has 1 heterocycles. The summed E-state index contributed by atoms with van der Waals surface area (Å²) >= 11 is 0. The maximum Gasteiger partial charge on any atom is 1.00 e. The Bertz CT molecular complexity index is 1280. The molecule has 1 aliphatic rings. The fourth-order valence-electron chi connectivity index (χ4n) is 5.14. The van der Waals surface area contributed by atoms with Gasteiger partial charge < -0.3 is 20.1 Å². The third kappa shape index (κ3) is 8.12. The van der Waals surface area contributed by atoms with E-state index in [0.29, 0.717) is 5.69 Å². The molecule has 202 valence electrons. The van der Waals surface area contributed by atoms with E-state index >= 15 is 0 Å². The number of carboxylic acids is 1. The maximum absolute atomic E-state index is 13.7. The molecule has 0 amide bonds. The molecular formula is C31H36FN2NaO4. The summed E-state index contributed by atoms with van der Waals surface area (Å²) in [6.45, 7) is 6.61. The molecule has 1 unspecified atom stereocenters. The Morgan fingerprint density at radius 3 is 2.44 bits per heavy atom. The Hall–Kier alpha value is -2.29. The average Bonchev–Trinajstić information content (AvgIpc) is 3.22. The molecule has 2 aromatic carbocycles. The smallest absolute Gasteiger partial charge is 0.550 e. The van der Waals surface area contributed by atoms with Crippen molar-refractivity contribution in [1.29, 1.82) is 0 Å². The predicted octanol–water partition coefficient (Wildman–Crippen LogP) is 1.24. The van der Waals surface area contributed by atoms with Gasteiger partial charge in [0.2, 0.25) is 0 Å². The average molecular weight is 543 g/mol. The number of aromatic nitrogens is 2. The summed E-state index contributed by atoms with van der Waals surface area (Å²) in [6, 6.07) is 14.9. The molecule has 39 heavy (non-hydrogen) atoms. The second kappa shape index (κ2) is 13.4. The molecule has 2 N–H and O–H groups in total. The van der Waals surface area contributed by atoms with E-state index in [2.05, 4.69) is 45.0 Å². The van der Waals surface area contributed by atoms with Crippen molar-refractivity contribution >= 4 is 12.0 Å². The van der Waals surface area contributed by atoms with E-state index in [1.165, 1.54) is 23.3 Å². The van der Waals surface area contributed by atoms with Crippen LogP contribution in [0.5, 0.6) is 0 Å². The number of aliphatic hydroxyl groups is 2. The van der Waals surface area contributed by atoms with Gasteiger partial charge >= 0.3 is 29.6 Å². The van der Waals surface area contributed by atoms with Gasteiger partial charge in [-0.05, 0) is 72.6 Å². The molecule has 8 heteroatoms. The maximum atomic E-state index is 13.7. The number of aliphatic carboxylic acids is 1. The zero-order chi connectivity index (χ0) is 27.4. The molecule has 4 rings (SSSR count). The van der Waals surface area contributed by atoms with Crippen LogP contribution < -0.4 is 34.7 Å². The SMILES string of the molecule is CC(C)(C)c1ccc(CC2CCCc3c2nn(-c2ccc(F)cc2)c3/C=C/[C@@H](O)C[C@@H](O)CC(=O)[O-])cc1.[Na+]. The van der Waals surface area contributed by atoms with Crippen LogP contribution in [-0.4, -0.2) is 38.2 Å².